The van der Waals surface area contributed by atoms with Gasteiger partial charge in [-0.25, -0.2) is 0 Å². The number of carbonyl (C=O) groups is 2. The van der Waals surface area contributed by atoms with Crippen molar-refractivity contribution in [2.45, 2.75) is 32.8 Å². The second-order valence-electron chi connectivity index (χ2n) is 6.63. The van der Waals surface area contributed by atoms with Crippen LogP contribution in [0.3, 0.4) is 0 Å². The predicted molar refractivity (Wildman–Crippen MR) is 88.3 cm³/mol. The second-order valence-corrected chi connectivity index (χ2v) is 6.63. The molecule has 0 spiro atoms. The molecule has 1 aliphatic carbocycles. The van der Waals surface area contributed by atoms with Crippen LogP contribution in [0, 0.1) is 11.8 Å². The molecule has 1 N–H and O–H groups in total. The lowest BCUT2D eigenvalue weighted by Gasteiger charge is -2.31. The third kappa shape index (κ3) is 3.91. The van der Waals surface area contributed by atoms with E-state index in [4.69, 9.17) is 4.74 Å². The van der Waals surface area contributed by atoms with Gasteiger partial charge in [-0.2, -0.15) is 0 Å². The Labute approximate surface area is 137 Å². The third-order valence-corrected chi connectivity index (χ3v) is 4.65. The Bertz CT molecular complexity index is 598. The van der Waals surface area contributed by atoms with Crippen LogP contribution < -0.4 is 5.32 Å². The van der Waals surface area contributed by atoms with Gasteiger partial charge in [0.2, 0.25) is 5.91 Å². The van der Waals surface area contributed by atoms with Crippen LogP contribution in [-0.2, 0) is 9.53 Å². The summed E-state index contributed by atoms with van der Waals surface area (Å²) < 4.78 is 5.47. The van der Waals surface area contributed by atoms with Gasteiger partial charge < -0.3 is 15.0 Å². The molecule has 1 aromatic rings. The fourth-order valence-corrected chi connectivity index (χ4v) is 2.98. The zero-order valence-corrected chi connectivity index (χ0v) is 13.7. The Hall–Kier alpha value is -1.88. The van der Waals surface area contributed by atoms with E-state index in [1.54, 1.807) is 12.1 Å². The predicted octanol–water partition coefficient (Wildman–Crippen LogP) is 2.53. The van der Waals surface area contributed by atoms with Gasteiger partial charge in [-0.15, -0.1) is 0 Å². The number of morpholine rings is 1. The van der Waals surface area contributed by atoms with Crippen molar-refractivity contribution in [2.75, 3.05) is 25.0 Å². The van der Waals surface area contributed by atoms with E-state index in [1.807, 2.05) is 30.9 Å². The molecule has 3 rings (SSSR count). The van der Waals surface area contributed by atoms with Crippen LogP contribution in [0.2, 0.25) is 0 Å². The molecule has 124 valence electrons. The minimum Gasteiger partial charge on any atom is -0.375 e. The molecule has 0 bridgehead atoms. The molecule has 5 heteroatoms. The minimum absolute atomic E-state index is 0.00788. The first kappa shape index (κ1) is 16.0. The fourth-order valence-electron chi connectivity index (χ4n) is 2.98. The molecule has 1 aliphatic heterocycles. The number of carbonyl (C=O) groups excluding carboxylic acids is 2. The first-order valence-corrected chi connectivity index (χ1v) is 8.36. The summed E-state index contributed by atoms with van der Waals surface area (Å²) in [7, 11) is 0. The van der Waals surface area contributed by atoms with Crippen molar-refractivity contribution < 1.29 is 14.3 Å². The summed E-state index contributed by atoms with van der Waals surface area (Å²) in [5.41, 5.74) is 1.30. The van der Waals surface area contributed by atoms with Crippen LogP contribution in [0.5, 0.6) is 0 Å². The Balaban J connectivity index is 1.66. The molecular formula is C18H24N2O3. The maximum absolute atomic E-state index is 12.6. The topological polar surface area (TPSA) is 58.6 Å². The molecule has 1 saturated heterocycles. The van der Waals surface area contributed by atoms with Gasteiger partial charge in [0.15, 0.2) is 0 Å². The van der Waals surface area contributed by atoms with Crippen molar-refractivity contribution in [3.05, 3.63) is 29.8 Å². The van der Waals surface area contributed by atoms with Crippen LogP contribution >= 0.6 is 0 Å². The standard InChI is InChI=1S/C18H24N2O3/c1-12-11-20(8-9-23-12)18(22)15-4-3-5-16(10-15)19-17(21)13(2)14-6-7-14/h3-5,10,12-14H,6-9,11H2,1-2H3,(H,19,21). The van der Waals surface area contributed by atoms with Gasteiger partial charge >= 0.3 is 0 Å². The number of nitrogens with zero attached hydrogens (tertiary/aromatic N) is 1. The van der Waals surface area contributed by atoms with Gasteiger partial charge in [0.1, 0.15) is 0 Å². The molecular weight excluding hydrogens is 292 g/mol. The summed E-state index contributed by atoms with van der Waals surface area (Å²) in [5, 5.41) is 2.94. The third-order valence-electron chi connectivity index (χ3n) is 4.65. The molecule has 23 heavy (non-hydrogen) atoms. The maximum atomic E-state index is 12.6. The molecule has 1 saturated carbocycles. The number of nitrogens with one attached hydrogen (secondary N) is 1. The van der Waals surface area contributed by atoms with Crippen LogP contribution in [0.4, 0.5) is 5.69 Å². The summed E-state index contributed by atoms with van der Waals surface area (Å²) in [5.74, 6) is 0.590. The molecule has 0 aromatic heterocycles. The lowest BCUT2D eigenvalue weighted by Crippen LogP contribution is -2.44. The highest BCUT2D eigenvalue weighted by molar-refractivity contribution is 5.97. The van der Waals surface area contributed by atoms with Gasteiger partial charge in [0.25, 0.3) is 5.91 Å². The lowest BCUT2D eigenvalue weighted by atomic mass is 10.1. The smallest absolute Gasteiger partial charge is 0.254 e. The summed E-state index contributed by atoms with van der Waals surface area (Å²) in [4.78, 5) is 26.6. The van der Waals surface area contributed by atoms with E-state index < -0.39 is 0 Å². The second kappa shape index (κ2) is 6.71. The number of amides is 2. The zero-order chi connectivity index (χ0) is 16.4. The van der Waals surface area contributed by atoms with Gasteiger partial charge in [-0.05, 0) is 43.9 Å². The number of hydrogen-bond donors (Lipinski definition) is 1. The van der Waals surface area contributed by atoms with E-state index in [9.17, 15) is 9.59 Å². The van der Waals surface area contributed by atoms with Crippen LogP contribution in [0.15, 0.2) is 24.3 Å². The Morgan fingerprint density at radius 2 is 2.13 bits per heavy atom. The first-order valence-electron chi connectivity index (χ1n) is 8.36. The van der Waals surface area contributed by atoms with Crippen molar-refractivity contribution in [2.24, 2.45) is 11.8 Å². The zero-order valence-electron chi connectivity index (χ0n) is 13.7. The molecule has 2 amide bonds. The molecule has 0 radical (unpaired) electrons. The Morgan fingerprint density at radius 3 is 2.83 bits per heavy atom. The van der Waals surface area contributed by atoms with E-state index in [-0.39, 0.29) is 23.8 Å². The number of ether oxygens (including phenoxy) is 1. The highest BCUT2D eigenvalue weighted by Crippen LogP contribution is 2.37. The van der Waals surface area contributed by atoms with Crippen molar-refractivity contribution >= 4 is 17.5 Å². The van der Waals surface area contributed by atoms with Crippen LogP contribution in [-0.4, -0.2) is 42.5 Å². The van der Waals surface area contributed by atoms with E-state index in [1.165, 1.54) is 0 Å². The Morgan fingerprint density at radius 1 is 1.35 bits per heavy atom. The number of benzene rings is 1. The molecule has 2 aliphatic rings. The average Bonchev–Trinajstić information content (AvgIpc) is 3.38. The van der Waals surface area contributed by atoms with Crippen molar-refractivity contribution in [1.82, 2.24) is 4.90 Å². The lowest BCUT2D eigenvalue weighted by molar-refractivity contribution is -0.119. The quantitative estimate of drug-likeness (QED) is 0.928. The minimum atomic E-state index is -0.00788. The van der Waals surface area contributed by atoms with E-state index in [2.05, 4.69) is 5.32 Å². The molecule has 5 nitrogen and oxygen atoms in total. The van der Waals surface area contributed by atoms with Crippen LogP contribution in [0.25, 0.3) is 0 Å². The van der Waals surface area contributed by atoms with Crippen molar-refractivity contribution in [1.29, 1.82) is 0 Å². The molecule has 2 unspecified atom stereocenters. The summed E-state index contributed by atoms with van der Waals surface area (Å²) in [6.07, 6.45) is 2.35. The summed E-state index contributed by atoms with van der Waals surface area (Å²) in [6, 6.07) is 7.20. The number of hydrogen-bond acceptors (Lipinski definition) is 3. The monoisotopic (exact) mass is 316 g/mol. The molecule has 2 atom stereocenters. The molecule has 2 fully saturated rings. The highest BCUT2D eigenvalue weighted by Gasteiger charge is 2.32. The highest BCUT2D eigenvalue weighted by atomic mass is 16.5. The average molecular weight is 316 g/mol. The van der Waals surface area contributed by atoms with E-state index in [0.29, 0.717) is 36.9 Å². The number of rotatable bonds is 4. The van der Waals surface area contributed by atoms with E-state index >= 15 is 0 Å². The summed E-state index contributed by atoms with van der Waals surface area (Å²) >= 11 is 0. The largest absolute Gasteiger partial charge is 0.375 e. The van der Waals surface area contributed by atoms with Gasteiger partial charge in [0.05, 0.1) is 12.7 Å². The Kier molecular flexibility index (Phi) is 4.66. The van der Waals surface area contributed by atoms with Gasteiger partial charge in [-0.3, -0.25) is 9.59 Å². The molecule has 1 aromatic carbocycles. The normalized spacial score (nSPS) is 22.5. The number of anilines is 1. The van der Waals surface area contributed by atoms with Crippen molar-refractivity contribution in [3.63, 3.8) is 0 Å². The van der Waals surface area contributed by atoms with Gasteiger partial charge in [0, 0.05) is 30.3 Å². The van der Waals surface area contributed by atoms with E-state index in [0.717, 1.165) is 12.8 Å². The SMILES string of the molecule is CC1CN(C(=O)c2cccc(NC(=O)C(C)C3CC3)c2)CCO1. The maximum Gasteiger partial charge on any atom is 0.254 e. The summed E-state index contributed by atoms with van der Waals surface area (Å²) in [6.45, 7) is 5.72. The fraction of sp³-hybridized carbons (Fsp3) is 0.556. The molecule has 1 heterocycles. The van der Waals surface area contributed by atoms with Crippen molar-refractivity contribution in [3.8, 4) is 0 Å². The first-order chi connectivity index (χ1) is 11.0. The van der Waals surface area contributed by atoms with Gasteiger partial charge in [-0.1, -0.05) is 13.0 Å². The van der Waals surface area contributed by atoms with Crippen LogP contribution in [0.1, 0.15) is 37.0 Å².